The summed E-state index contributed by atoms with van der Waals surface area (Å²) in [5, 5.41) is 18.8. The van der Waals surface area contributed by atoms with E-state index in [1.165, 1.54) is 6.20 Å². The average Bonchev–Trinajstić information content (AvgIpc) is 2.03. The number of nitrogens with zero attached hydrogens (tertiary/aromatic N) is 3. The fourth-order valence-electron chi connectivity index (χ4n) is 0.634. The van der Waals surface area contributed by atoms with Crippen molar-refractivity contribution in [3.8, 4) is 0 Å². The maximum Gasteiger partial charge on any atom is 0.303 e. The molecule has 0 aliphatic carbocycles. The Labute approximate surface area is 63.1 Å². The largest absolute Gasteiger partial charge is 0.481 e. The van der Waals surface area contributed by atoms with Crippen LogP contribution in [0.25, 0.3) is 0 Å². The lowest BCUT2D eigenvalue weighted by atomic mass is 10.2. The molecule has 58 valence electrons. The highest BCUT2D eigenvalue weighted by atomic mass is 16.4. The number of aliphatic carboxylic acids is 1. The van der Waals surface area contributed by atoms with Gasteiger partial charge in [-0.05, 0) is 11.3 Å². The first kappa shape index (κ1) is 7.59. The second-order valence-corrected chi connectivity index (χ2v) is 2.01. The number of aryl methyl sites for hydroxylation is 1. The first-order chi connectivity index (χ1) is 5.29. The number of hydrogen-bond donors (Lipinski definition) is 1. The Bertz CT molecular complexity index is 237. The van der Waals surface area contributed by atoms with Crippen LogP contribution in [0.4, 0.5) is 0 Å². The highest BCUT2D eigenvalue weighted by molar-refractivity contribution is 5.66. The van der Waals surface area contributed by atoms with Crippen molar-refractivity contribution < 1.29 is 9.90 Å². The van der Waals surface area contributed by atoms with Crippen LogP contribution < -0.4 is 0 Å². The molecule has 0 aliphatic rings. The molecule has 0 saturated heterocycles. The van der Waals surface area contributed by atoms with Gasteiger partial charge in [-0.25, -0.2) is 0 Å². The van der Waals surface area contributed by atoms with Crippen molar-refractivity contribution in [3.05, 3.63) is 18.0 Å². The molecule has 0 fully saturated rings. The molecule has 1 aromatic heterocycles. The number of rotatable bonds is 3. The van der Waals surface area contributed by atoms with Gasteiger partial charge in [0, 0.05) is 6.42 Å². The third-order valence-corrected chi connectivity index (χ3v) is 1.15. The summed E-state index contributed by atoms with van der Waals surface area (Å²) in [4.78, 5) is 10.1. The van der Waals surface area contributed by atoms with Gasteiger partial charge in [0.15, 0.2) is 0 Å². The molecule has 5 nitrogen and oxygen atoms in total. The summed E-state index contributed by atoms with van der Waals surface area (Å²) in [6.07, 6.45) is 1.98. The number of carbonyl (C=O) groups is 1. The van der Waals surface area contributed by atoms with E-state index in [4.69, 9.17) is 5.11 Å². The normalized spacial score (nSPS) is 9.45. The zero-order chi connectivity index (χ0) is 8.10. The van der Waals surface area contributed by atoms with E-state index in [0.29, 0.717) is 12.1 Å². The summed E-state index contributed by atoms with van der Waals surface area (Å²) in [5.41, 5.74) is 0.655. The third kappa shape index (κ3) is 2.70. The van der Waals surface area contributed by atoms with Gasteiger partial charge < -0.3 is 5.11 Å². The fraction of sp³-hybridized carbons (Fsp3) is 0.333. The third-order valence-electron chi connectivity index (χ3n) is 1.15. The van der Waals surface area contributed by atoms with Crippen LogP contribution in [-0.2, 0) is 11.2 Å². The van der Waals surface area contributed by atoms with Gasteiger partial charge in [0.1, 0.15) is 0 Å². The average molecular weight is 153 g/mol. The van der Waals surface area contributed by atoms with Crippen LogP contribution in [0.15, 0.2) is 12.3 Å². The molecule has 0 aromatic carbocycles. The maximum atomic E-state index is 10.1. The molecule has 0 aliphatic heterocycles. The van der Waals surface area contributed by atoms with E-state index in [9.17, 15) is 4.79 Å². The highest BCUT2D eigenvalue weighted by Gasteiger charge is 1.98. The molecule has 1 heterocycles. The molecule has 1 aromatic rings. The molecule has 5 heteroatoms. The van der Waals surface area contributed by atoms with Crippen molar-refractivity contribution in [1.29, 1.82) is 0 Å². The Morgan fingerprint density at radius 3 is 3.00 bits per heavy atom. The van der Waals surface area contributed by atoms with Crippen molar-refractivity contribution in [2.45, 2.75) is 12.8 Å². The summed E-state index contributed by atoms with van der Waals surface area (Å²) >= 11 is 0. The van der Waals surface area contributed by atoms with Crippen LogP contribution in [0, 0.1) is 0 Å². The molecule has 0 saturated carbocycles. The quantitative estimate of drug-likeness (QED) is 0.655. The van der Waals surface area contributed by atoms with Crippen LogP contribution in [0.1, 0.15) is 12.1 Å². The minimum absolute atomic E-state index is 0.0820. The second-order valence-electron chi connectivity index (χ2n) is 2.01. The standard InChI is InChI=1S/C6H7N3O2/c10-6(11)2-1-5-3-4-7-9-8-5/h3-4H,1-2H2,(H,10,11). The van der Waals surface area contributed by atoms with Crippen LogP contribution in [0.3, 0.4) is 0 Å². The van der Waals surface area contributed by atoms with E-state index in [-0.39, 0.29) is 6.42 Å². The SMILES string of the molecule is O=C(O)CCc1ccnnn1. The van der Waals surface area contributed by atoms with Gasteiger partial charge in [-0.3, -0.25) is 4.79 Å². The van der Waals surface area contributed by atoms with E-state index in [1.807, 2.05) is 0 Å². The summed E-state index contributed by atoms with van der Waals surface area (Å²) in [6, 6.07) is 1.65. The molecule has 1 rings (SSSR count). The van der Waals surface area contributed by atoms with Gasteiger partial charge in [-0.2, -0.15) is 0 Å². The monoisotopic (exact) mass is 153 g/mol. The lowest BCUT2D eigenvalue weighted by Crippen LogP contribution is -2.00. The van der Waals surface area contributed by atoms with Crippen molar-refractivity contribution in [3.63, 3.8) is 0 Å². The van der Waals surface area contributed by atoms with Gasteiger partial charge in [-0.1, -0.05) is 0 Å². The molecule has 0 amide bonds. The minimum atomic E-state index is -0.830. The topological polar surface area (TPSA) is 76.0 Å². The first-order valence-electron chi connectivity index (χ1n) is 3.14. The van der Waals surface area contributed by atoms with Gasteiger partial charge in [-0.15, -0.1) is 10.2 Å². The molecule has 0 radical (unpaired) electrons. The Kier molecular flexibility index (Phi) is 2.48. The lowest BCUT2D eigenvalue weighted by molar-refractivity contribution is -0.136. The summed E-state index contributed by atoms with van der Waals surface area (Å²) in [5.74, 6) is -0.830. The van der Waals surface area contributed by atoms with Crippen molar-refractivity contribution >= 4 is 5.97 Å². The van der Waals surface area contributed by atoms with Crippen LogP contribution >= 0.6 is 0 Å². The number of carboxylic acid groups (broad SMARTS) is 1. The van der Waals surface area contributed by atoms with E-state index < -0.39 is 5.97 Å². The Morgan fingerprint density at radius 2 is 2.45 bits per heavy atom. The summed E-state index contributed by atoms with van der Waals surface area (Å²) in [7, 11) is 0. The highest BCUT2D eigenvalue weighted by Crippen LogP contribution is 1.94. The number of hydrogen-bond acceptors (Lipinski definition) is 4. The molecule has 0 unspecified atom stereocenters. The van der Waals surface area contributed by atoms with E-state index in [0.717, 1.165) is 0 Å². The Morgan fingerprint density at radius 1 is 1.64 bits per heavy atom. The molecule has 0 bridgehead atoms. The Balaban J connectivity index is 2.45. The van der Waals surface area contributed by atoms with Crippen LogP contribution in [-0.4, -0.2) is 26.5 Å². The molecule has 11 heavy (non-hydrogen) atoms. The van der Waals surface area contributed by atoms with Gasteiger partial charge in [0.05, 0.1) is 18.3 Å². The van der Waals surface area contributed by atoms with Crippen LogP contribution in [0.2, 0.25) is 0 Å². The first-order valence-corrected chi connectivity index (χ1v) is 3.14. The second kappa shape index (κ2) is 3.60. The van der Waals surface area contributed by atoms with E-state index in [2.05, 4.69) is 15.4 Å². The predicted octanol–water partition coefficient (Wildman–Crippen LogP) is -0.111. The van der Waals surface area contributed by atoms with Crippen molar-refractivity contribution in [1.82, 2.24) is 15.4 Å². The van der Waals surface area contributed by atoms with Gasteiger partial charge >= 0.3 is 5.97 Å². The minimum Gasteiger partial charge on any atom is -0.481 e. The molecule has 0 spiro atoms. The maximum absolute atomic E-state index is 10.1. The predicted molar refractivity (Wildman–Crippen MR) is 35.8 cm³/mol. The molecule has 1 N–H and O–H groups in total. The zero-order valence-electron chi connectivity index (χ0n) is 5.77. The fourth-order valence-corrected chi connectivity index (χ4v) is 0.634. The van der Waals surface area contributed by atoms with Crippen LogP contribution in [0.5, 0.6) is 0 Å². The summed E-state index contributed by atoms with van der Waals surface area (Å²) in [6.45, 7) is 0. The zero-order valence-corrected chi connectivity index (χ0v) is 5.77. The number of carboxylic acids is 1. The van der Waals surface area contributed by atoms with E-state index in [1.54, 1.807) is 6.07 Å². The van der Waals surface area contributed by atoms with Crippen molar-refractivity contribution in [2.24, 2.45) is 0 Å². The van der Waals surface area contributed by atoms with Crippen molar-refractivity contribution in [2.75, 3.05) is 0 Å². The smallest absolute Gasteiger partial charge is 0.303 e. The summed E-state index contributed by atoms with van der Waals surface area (Å²) < 4.78 is 0. The van der Waals surface area contributed by atoms with Gasteiger partial charge in [0.25, 0.3) is 0 Å². The van der Waals surface area contributed by atoms with Gasteiger partial charge in [0.2, 0.25) is 0 Å². The lowest BCUT2D eigenvalue weighted by Gasteiger charge is -1.92. The molecular formula is C6H7N3O2. The molecule has 0 atom stereocenters. The molecular weight excluding hydrogens is 146 g/mol. The number of aromatic nitrogens is 3. The Hall–Kier alpha value is -1.52. The van der Waals surface area contributed by atoms with E-state index >= 15 is 0 Å².